The van der Waals surface area contributed by atoms with Crippen LogP contribution >= 0.6 is 0 Å². The number of likely N-dealkylation sites (tertiary alicyclic amines) is 1. The number of hydrogen-bond donors (Lipinski definition) is 2. The molecule has 1 amide bonds. The van der Waals surface area contributed by atoms with Crippen LogP contribution < -0.4 is 10.6 Å². The average molecular weight is 355 g/mol. The van der Waals surface area contributed by atoms with E-state index in [4.69, 9.17) is 0 Å². The molecule has 2 aromatic rings. The molecule has 2 heterocycles. The van der Waals surface area contributed by atoms with Crippen LogP contribution in [0.25, 0.3) is 0 Å². The zero-order chi connectivity index (χ0) is 18.5. The number of piperidine rings is 1. The number of carbonyl (C=O) groups is 1. The summed E-state index contributed by atoms with van der Waals surface area (Å²) in [6, 6.07) is 7.76. The minimum Gasteiger partial charge on any atom is -0.324 e. The van der Waals surface area contributed by atoms with E-state index in [0.717, 1.165) is 23.7 Å². The Hall–Kier alpha value is -2.18. The summed E-state index contributed by atoms with van der Waals surface area (Å²) in [5.74, 6) is 0.700. The van der Waals surface area contributed by atoms with Gasteiger partial charge in [-0.3, -0.25) is 14.4 Å². The second-order valence-corrected chi connectivity index (χ2v) is 7.34. The fourth-order valence-electron chi connectivity index (χ4n) is 3.63. The molecule has 1 aromatic carbocycles. The molecular formula is C20H29N5O. The van der Waals surface area contributed by atoms with E-state index in [1.807, 2.05) is 25.4 Å². The van der Waals surface area contributed by atoms with Gasteiger partial charge >= 0.3 is 0 Å². The molecule has 140 valence electrons. The smallest absolute Gasteiger partial charge is 0.246 e. The van der Waals surface area contributed by atoms with Crippen molar-refractivity contribution in [3.8, 4) is 0 Å². The molecule has 1 aliphatic rings. The highest BCUT2D eigenvalue weighted by atomic mass is 16.2. The number of hydrogen-bond acceptors (Lipinski definition) is 4. The number of rotatable bonds is 6. The summed E-state index contributed by atoms with van der Waals surface area (Å²) in [4.78, 5) is 15.1. The first kappa shape index (κ1) is 18.6. The maximum atomic E-state index is 12.6. The molecule has 2 N–H and O–H groups in total. The predicted molar refractivity (Wildman–Crippen MR) is 104 cm³/mol. The molecule has 0 radical (unpaired) electrons. The van der Waals surface area contributed by atoms with E-state index in [9.17, 15) is 4.79 Å². The van der Waals surface area contributed by atoms with E-state index in [1.165, 1.54) is 31.5 Å². The SMILES string of the molecule is CNC(C(=O)Nc1ccc(CN2CCCC(C)C2)cc1)c1cnn(C)c1. The van der Waals surface area contributed by atoms with Crippen LogP contribution in [0.15, 0.2) is 36.7 Å². The molecule has 3 rings (SSSR count). The topological polar surface area (TPSA) is 62.2 Å². The van der Waals surface area contributed by atoms with Crippen LogP contribution in [0.2, 0.25) is 0 Å². The molecule has 1 saturated heterocycles. The number of aryl methyl sites for hydroxylation is 1. The Kier molecular flexibility index (Phi) is 6.06. The van der Waals surface area contributed by atoms with Crippen molar-refractivity contribution in [3.05, 3.63) is 47.8 Å². The van der Waals surface area contributed by atoms with Crippen LogP contribution in [0.4, 0.5) is 5.69 Å². The normalized spacial score (nSPS) is 19.3. The van der Waals surface area contributed by atoms with Crippen molar-refractivity contribution in [1.29, 1.82) is 0 Å². The van der Waals surface area contributed by atoms with Gasteiger partial charge < -0.3 is 10.6 Å². The Bertz CT molecular complexity index is 724. The van der Waals surface area contributed by atoms with Gasteiger partial charge in [-0.2, -0.15) is 5.10 Å². The number of anilines is 1. The number of benzene rings is 1. The monoisotopic (exact) mass is 355 g/mol. The number of nitrogens with one attached hydrogen (secondary N) is 2. The lowest BCUT2D eigenvalue weighted by Crippen LogP contribution is -2.33. The molecule has 0 spiro atoms. The Morgan fingerprint density at radius 1 is 1.35 bits per heavy atom. The van der Waals surface area contributed by atoms with Gasteiger partial charge in [0.1, 0.15) is 6.04 Å². The van der Waals surface area contributed by atoms with E-state index in [-0.39, 0.29) is 5.91 Å². The van der Waals surface area contributed by atoms with Gasteiger partial charge in [0.05, 0.1) is 6.20 Å². The summed E-state index contributed by atoms with van der Waals surface area (Å²) < 4.78 is 1.70. The van der Waals surface area contributed by atoms with Gasteiger partial charge in [-0.15, -0.1) is 0 Å². The second-order valence-electron chi connectivity index (χ2n) is 7.34. The van der Waals surface area contributed by atoms with Crippen molar-refractivity contribution in [1.82, 2.24) is 20.0 Å². The largest absolute Gasteiger partial charge is 0.324 e. The fraction of sp³-hybridized carbons (Fsp3) is 0.500. The molecule has 26 heavy (non-hydrogen) atoms. The van der Waals surface area contributed by atoms with Gasteiger partial charge in [0.25, 0.3) is 0 Å². The predicted octanol–water partition coefficient (Wildman–Crippen LogP) is 2.55. The number of carbonyl (C=O) groups excluding carboxylic acids is 1. The Labute approximate surface area is 155 Å². The molecule has 1 fully saturated rings. The van der Waals surface area contributed by atoms with Crippen molar-refractivity contribution in [3.63, 3.8) is 0 Å². The third-order valence-electron chi connectivity index (χ3n) is 4.98. The maximum Gasteiger partial charge on any atom is 0.246 e. The van der Waals surface area contributed by atoms with Crippen molar-refractivity contribution in [2.75, 3.05) is 25.5 Å². The summed E-state index contributed by atoms with van der Waals surface area (Å²) in [7, 11) is 3.62. The minimum absolute atomic E-state index is 0.0851. The fourth-order valence-corrected chi connectivity index (χ4v) is 3.63. The highest BCUT2D eigenvalue weighted by molar-refractivity contribution is 5.95. The third-order valence-corrected chi connectivity index (χ3v) is 4.98. The van der Waals surface area contributed by atoms with Gasteiger partial charge in [0, 0.05) is 37.6 Å². The van der Waals surface area contributed by atoms with Crippen molar-refractivity contribution in [2.45, 2.75) is 32.4 Å². The number of likely N-dealkylation sites (N-methyl/N-ethyl adjacent to an activating group) is 1. The summed E-state index contributed by atoms with van der Waals surface area (Å²) in [5, 5.41) is 10.2. The number of nitrogens with zero attached hydrogens (tertiary/aromatic N) is 3. The van der Waals surface area contributed by atoms with E-state index in [1.54, 1.807) is 17.9 Å². The first-order valence-electron chi connectivity index (χ1n) is 9.33. The molecule has 1 aromatic heterocycles. The van der Waals surface area contributed by atoms with Gasteiger partial charge in [-0.25, -0.2) is 0 Å². The van der Waals surface area contributed by atoms with Gasteiger partial charge in [0.2, 0.25) is 5.91 Å². The lowest BCUT2D eigenvalue weighted by atomic mass is 10.00. The average Bonchev–Trinajstić information content (AvgIpc) is 3.03. The first-order valence-corrected chi connectivity index (χ1v) is 9.33. The third kappa shape index (κ3) is 4.71. The van der Waals surface area contributed by atoms with Crippen LogP contribution in [0.3, 0.4) is 0 Å². The van der Waals surface area contributed by atoms with Crippen LogP contribution in [-0.2, 0) is 18.4 Å². The molecule has 6 nitrogen and oxygen atoms in total. The van der Waals surface area contributed by atoms with E-state index in [2.05, 4.69) is 39.7 Å². The van der Waals surface area contributed by atoms with Crippen molar-refractivity contribution >= 4 is 11.6 Å². The minimum atomic E-state index is -0.418. The highest BCUT2D eigenvalue weighted by Crippen LogP contribution is 2.20. The molecule has 2 atom stereocenters. The molecule has 1 aliphatic heterocycles. The van der Waals surface area contributed by atoms with Crippen LogP contribution in [0.5, 0.6) is 0 Å². The van der Waals surface area contributed by atoms with E-state index < -0.39 is 6.04 Å². The van der Waals surface area contributed by atoms with Crippen LogP contribution in [0, 0.1) is 5.92 Å². The maximum absolute atomic E-state index is 12.6. The molecule has 0 bridgehead atoms. The highest BCUT2D eigenvalue weighted by Gasteiger charge is 2.20. The Morgan fingerprint density at radius 2 is 2.12 bits per heavy atom. The molecule has 2 unspecified atom stereocenters. The van der Waals surface area contributed by atoms with Crippen molar-refractivity contribution in [2.24, 2.45) is 13.0 Å². The van der Waals surface area contributed by atoms with E-state index >= 15 is 0 Å². The first-order chi connectivity index (χ1) is 12.5. The van der Waals surface area contributed by atoms with Gasteiger partial charge in [0.15, 0.2) is 0 Å². The number of amides is 1. The molecule has 6 heteroatoms. The Balaban J connectivity index is 1.58. The summed E-state index contributed by atoms with van der Waals surface area (Å²) in [6.45, 7) is 5.66. The van der Waals surface area contributed by atoms with E-state index in [0.29, 0.717) is 0 Å². The quantitative estimate of drug-likeness (QED) is 0.836. The van der Waals surface area contributed by atoms with Crippen LogP contribution in [0.1, 0.15) is 36.9 Å². The zero-order valence-corrected chi connectivity index (χ0v) is 15.9. The lowest BCUT2D eigenvalue weighted by molar-refractivity contribution is -0.118. The Morgan fingerprint density at radius 3 is 2.73 bits per heavy atom. The second kappa shape index (κ2) is 8.47. The zero-order valence-electron chi connectivity index (χ0n) is 15.9. The molecular weight excluding hydrogens is 326 g/mol. The molecule has 0 saturated carbocycles. The van der Waals surface area contributed by atoms with Gasteiger partial charge in [-0.1, -0.05) is 19.1 Å². The number of aromatic nitrogens is 2. The standard InChI is InChI=1S/C20H29N5O/c1-15-5-4-10-25(12-15)13-16-6-8-18(9-7-16)23-20(26)19(21-2)17-11-22-24(3)14-17/h6-9,11,14-15,19,21H,4-5,10,12-13H2,1-3H3,(H,23,26). The molecule has 0 aliphatic carbocycles. The lowest BCUT2D eigenvalue weighted by Gasteiger charge is -2.30. The van der Waals surface area contributed by atoms with Crippen LogP contribution in [-0.4, -0.2) is 40.7 Å². The van der Waals surface area contributed by atoms with Gasteiger partial charge in [-0.05, 0) is 50.0 Å². The summed E-state index contributed by atoms with van der Waals surface area (Å²) >= 11 is 0. The van der Waals surface area contributed by atoms with Crippen molar-refractivity contribution < 1.29 is 4.79 Å². The summed E-state index contributed by atoms with van der Waals surface area (Å²) in [5.41, 5.74) is 2.95. The summed E-state index contributed by atoms with van der Waals surface area (Å²) in [6.07, 6.45) is 6.19.